The molecule has 0 saturated carbocycles. The highest BCUT2D eigenvalue weighted by Crippen LogP contribution is 2.23. The van der Waals surface area contributed by atoms with Gasteiger partial charge in [-0.05, 0) is 19.1 Å². The highest BCUT2D eigenvalue weighted by molar-refractivity contribution is 7.13. The van der Waals surface area contributed by atoms with Crippen molar-refractivity contribution in [3.8, 4) is 5.75 Å². The predicted molar refractivity (Wildman–Crippen MR) is 83.7 cm³/mol. The molecule has 22 heavy (non-hydrogen) atoms. The van der Waals surface area contributed by atoms with Crippen LogP contribution >= 0.6 is 11.3 Å². The third kappa shape index (κ3) is 2.84. The van der Waals surface area contributed by atoms with Crippen molar-refractivity contribution >= 4 is 33.3 Å². The number of nitrogens with zero attached hydrogens (tertiary/aromatic N) is 1. The molecule has 7 heteroatoms. The molecule has 2 aromatic heterocycles. The first-order valence-corrected chi connectivity index (χ1v) is 7.47. The average molecular weight is 316 g/mol. The number of carbonyl (C=O) groups is 1. The van der Waals surface area contributed by atoms with Crippen LogP contribution in [0.5, 0.6) is 5.75 Å². The molecule has 6 nitrogen and oxygen atoms in total. The monoisotopic (exact) mass is 316 g/mol. The van der Waals surface area contributed by atoms with Crippen LogP contribution in [0.4, 0.5) is 5.13 Å². The largest absolute Gasteiger partial charge is 0.494 e. The summed E-state index contributed by atoms with van der Waals surface area (Å²) in [5.74, 6) is 0.174. The summed E-state index contributed by atoms with van der Waals surface area (Å²) in [6.45, 7) is 2.36. The Morgan fingerprint density at radius 2 is 2.27 bits per heavy atom. The van der Waals surface area contributed by atoms with Crippen molar-refractivity contribution in [2.45, 2.75) is 6.92 Å². The van der Waals surface area contributed by atoms with Crippen LogP contribution in [0.15, 0.2) is 45.1 Å². The minimum atomic E-state index is -0.592. The third-order valence-electron chi connectivity index (χ3n) is 2.92. The zero-order valence-corrected chi connectivity index (χ0v) is 12.5. The number of thiazole rings is 1. The van der Waals surface area contributed by atoms with Crippen molar-refractivity contribution in [3.63, 3.8) is 0 Å². The fraction of sp³-hybridized carbons (Fsp3) is 0.133. The Hall–Kier alpha value is -2.67. The Bertz CT molecular complexity index is 871. The van der Waals surface area contributed by atoms with E-state index in [9.17, 15) is 9.59 Å². The van der Waals surface area contributed by atoms with Gasteiger partial charge in [-0.25, -0.2) is 9.78 Å². The van der Waals surface area contributed by atoms with Crippen LogP contribution < -0.4 is 15.7 Å². The van der Waals surface area contributed by atoms with Gasteiger partial charge >= 0.3 is 5.63 Å². The topological polar surface area (TPSA) is 81.4 Å². The molecule has 0 aliphatic heterocycles. The van der Waals surface area contributed by atoms with Gasteiger partial charge in [-0.1, -0.05) is 0 Å². The molecule has 0 saturated heterocycles. The fourth-order valence-electron chi connectivity index (χ4n) is 2.04. The van der Waals surface area contributed by atoms with Crippen molar-refractivity contribution < 1.29 is 13.9 Å². The van der Waals surface area contributed by atoms with Crippen LogP contribution in [0.25, 0.3) is 11.0 Å². The first-order chi connectivity index (χ1) is 10.7. The zero-order chi connectivity index (χ0) is 15.5. The van der Waals surface area contributed by atoms with E-state index in [2.05, 4.69) is 10.3 Å². The van der Waals surface area contributed by atoms with E-state index < -0.39 is 11.5 Å². The minimum absolute atomic E-state index is 0.240. The SMILES string of the molecule is CCOc1ccc2c(C(=O)Nc3nccs3)cc(=O)oc2c1. The average Bonchev–Trinajstić information content (AvgIpc) is 2.99. The summed E-state index contributed by atoms with van der Waals surface area (Å²) < 4.78 is 10.5. The van der Waals surface area contributed by atoms with Crippen LogP contribution in [-0.4, -0.2) is 17.5 Å². The number of hydrogen-bond acceptors (Lipinski definition) is 6. The summed E-state index contributed by atoms with van der Waals surface area (Å²) in [6, 6.07) is 6.19. The second kappa shape index (κ2) is 5.98. The molecule has 3 rings (SSSR count). The lowest BCUT2D eigenvalue weighted by molar-refractivity contribution is 0.102. The predicted octanol–water partition coefficient (Wildman–Crippen LogP) is 2.90. The number of rotatable bonds is 4. The number of carbonyl (C=O) groups excluding carboxylic acids is 1. The van der Waals surface area contributed by atoms with Gasteiger partial charge in [0, 0.05) is 29.1 Å². The molecular formula is C15H12N2O4S. The van der Waals surface area contributed by atoms with E-state index >= 15 is 0 Å². The molecule has 0 atom stereocenters. The molecule has 3 aromatic rings. The first kappa shape index (κ1) is 14.3. The molecular weight excluding hydrogens is 304 g/mol. The van der Waals surface area contributed by atoms with Gasteiger partial charge in [-0.3, -0.25) is 10.1 Å². The van der Waals surface area contributed by atoms with Crippen LogP contribution in [0, 0.1) is 0 Å². The fourth-order valence-corrected chi connectivity index (χ4v) is 2.56. The van der Waals surface area contributed by atoms with Crippen LogP contribution in [-0.2, 0) is 0 Å². The second-order valence-electron chi connectivity index (χ2n) is 4.36. The maximum absolute atomic E-state index is 12.3. The van der Waals surface area contributed by atoms with Crippen molar-refractivity contribution in [2.75, 3.05) is 11.9 Å². The maximum atomic E-state index is 12.3. The molecule has 0 aliphatic carbocycles. The van der Waals surface area contributed by atoms with E-state index in [-0.39, 0.29) is 5.56 Å². The Labute approximate surface area is 129 Å². The van der Waals surface area contributed by atoms with Crippen molar-refractivity contribution in [2.24, 2.45) is 0 Å². The minimum Gasteiger partial charge on any atom is -0.494 e. The van der Waals surface area contributed by atoms with Gasteiger partial charge in [0.15, 0.2) is 5.13 Å². The van der Waals surface area contributed by atoms with E-state index in [1.807, 2.05) is 6.92 Å². The highest BCUT2D eigenvalue weighted by Gasteiger charge is 2.15. The van der Waals surface area contributed by atoms with E-state index in [1.165, 1.54) is 17.4 Å². The van der Waals surface area contributed by atoms with E-state index in [0.29, 0.717) is 28.5 Å². The molecule has 0 radical (unpaired) electrons. The van der Waals surface area contributed by atoms with Crippen LogP contribution in [0.2, 0.25) is 0 Å². The van der Waals surface area contributed by atoms with Crippen LogP contribution in [0.3, 0.4) is 0 Å². The van der Waals surface area contributed by atoms with E-state index in [4.69, 9.17) is 9.15 Å². The molecule has 0 unspecified atom stereocenters. The smallest absolute Gasteiger partial charge is 0.337 e. The van der Waals surface area contributed by atoms with Crippen molar-refractivity contribution in [1.29, 1.82) is 0 Å². The molecule has 1 aromatic carbocycles. The van der Waals surface area contributed by atoms with Crippen LogP contribution in [0.1, 0.15) is 17.3 Å². The van der Waals surface area contributed by atoms with E-state index in [0.717, 1.165) is 0 Å². The first-order valence-electron chi connectivity index (χ1n) is 6.59. The summed E-state index contributed by atoms with van der Waals surface area (Å²) in [6.07, 6.45) is 1.59. The zero-order valence-electron chi connectivity index (χ0n) is 11.7. The summed E-state index contributed by atoms with van der Waals surface area (Å²) in [5, 5.41) is 5.41. The molecule has 0 spiro atoms. The lowest BCUT2D eigenvalue weighted by Crippen LogP contribution is -2.15. The summed E-state index contributed by atoms with van der Waals surface area (Å²) >= 11 is 1.30. The highest BCUT2D eigenvalue weighted by atomic mass is 32.1. The van der Waals surface area contributed by atoms with E-state index in [1.54, 1.807) is 29.8 Å². The van der Waals surface area contributed by atoms with Gasteiger partial charge in [-0.15, -0.1) is 11.3 Å². The third-order valence-corrected chi connectivity index (χ3v) is 3.61. The molecule has 0 aliphatic rings. The summed E-state index contributed by atoms with van der Waals surface area (Å²) in [4.78, 5) is 28.0. The second-order valence-corrected chi connectivity index (χ2v) is 5.26. The number of fused-ring (bicyclic) bond motifs is 1. The molecule has 0 fully saturated rings. The number of aromatic nitrogens is 1. The summed E-state index contributed by atoms with van der Waals surface area (Å²) in [5.41, 5.74) is -0.0438. The lowest BCUT2D eigenvalue weighted by atomic mass is 10.1. The van der Waals surface area contributed by atoms with Gasteiger partial charge in [0.25, 0.3) is 5.91 Å². The van der Waals surface area contributed by atoms with Gasteiger partial charge < -0.3 is 9.15 Å². The Balaban J connectivity index is 2.04. The Morgan fingerprint density at radius 1 is 1.41 bits per heavy atom. The van der Waals surface area contributed by atoms with Gasteiger partial charge in [0.2, 0.25) is 0 Å². The molecule has 112 valence electrons. The molecule has 1 amide bonds. The molecule has 0 bridgehead atoms. The Morgan fingerprint density at radius 3 is 3.00 bits per heavy atom. The Kier molecular flexibility index (Phi) is 3.88. The quantitative estimate of drug-likeness (QED) is 0.748. The van der Waals surface area contributed by atoms with Gasteiger partial charge in [-0.2, -0.15) is 0 Å². The summed E-state index contributed by atoms with van der Waals surface area (Å²) in [7, 11) is 0. The maximum Gasteiger partial charge on any atom is 0.337 e. The number of hydrogen-bond donors (Lipinski definition) is 1. The lowest BCUT2D eigenvalue weighted by Gasteiger charge is -2.07. The molecule has 2 heterocycles. The number of ether oxygens (including phenoxy) is 1. The van der Waals surface area contributed by atoms with Gasteiger partial charge in [0.1, 0.15) is 11.3 Å². The number of anilines is 1. The van der Waals surface area contributed by atoms with Crippen molar-refractivity contribution in [1.82, 2.24) is 4.98 Å². The number of benzene rings is 1. The number of amides is 1. The normalized spacial score (nSPS) is 10.6. The standard InChI is InChI=1S/C15H12N2O4S/c1-2-20-9-3-4-10-11(8-13(18)21-12(10)7-9)14(19)17-15-16-5-6-22-15/h3-8H,2H2,1H3,(H,16,17,19). The number of nitrogens with one attached hydrogen (secondary N) is 1. The van der Waals surface area contributed by atoms with Crippen molar-refractivity contribution in [3.05, 3.63) is 51.8 Å². The van der Waals surface area contributed by atoms with Gasteiger partial charge in [0.05, 0.1) is 12.2 Å². The molecule has 1 N–H and O–H groups in total.